The quantitative estimate of drug-likeness (QED) is 0.929. The first-order chi connectivity index (χ1) is 11.2. The van der Waals surface area contributed by atoms with E-state index in [4.69, 9.17) is 0 Å². The first-order valence-corrected chi connectivity index (χ1v) is 9.36. The molecule has 0 spiro atoms. The molecule has 1 amide bonds. The Morgan fingerprint density at radius 3 is 2.78 bits per heavy atom. The Morgan fingerprint density at radius 1 is 1.39 bits per heavy atom. The molecule has 1 N–H and O–H groups in total. The molecule has 2 heterocycles. The Morgan fingerprint density at radius 2 is 2.13 bits per heavy atom. The van der Waals surface area contributed by atoms with E-state index >= 15 is 0 Å². The lowest BCUT2D eigenvalue weighted by Gasteiger charge is -2.04. The van der Waals surface area contributed by atoms with Gasteiger partial charge in [0.05, 0.1) is 11.9 Å². The Bertz CT molecular complexity index is 723. The van der Waals surface area contributed by atoms with Gasteiger partial charge in [0.15, 0.2) is 5.13 Å². The lowest BCUT2D eigenvalue weighted by molar-refractivity contribution is -0.117. The molecular weight excluding hydrogens is 308 g/mol. The van der Waals surface area contributed by atoms with E-state index in [0.29, 0.717) is 17.0 Å². The second kappa shape index (κ2) is 5.74. The monoisotopic (exact) mass is 330 g/mol. The molecule has 5 nitrogen and oxygen atoms in total. The second-order valence-corrected chi connectivity index (χ2v) is 7.48. The highest BCUT2D eigenvalue weighted by molar-refractivity contribution is 7.14. The normalized spacial score (nSPS) is 25.9. The molecule has 2 aliphatic rings. The van der Waals surface area contributed by atoms with E-state index in [1.54, 1.807) is 0 Å². The van der Waals surface area contributed by atoms with Crippen molar-refractivity contribution >= 4 is 22.4 Å². The molecule has 0 saturated heterocycles. The smallest absolute Gasteiger partial charge is 0.229 e. The van der Waals surface area contributed by atoms with Crippen LogP contribution in [-0.4, -0.2) is 20.7 Å². The Kier molecular flexibility index (Phi) is 3.71. The largest absolute Gasteiger partial charge is 0.302 e. The summed E-state index contributed by atoms with van der Waals surface area (Å²) >= 11 is 1.50. The zero-order valence-electron chi connectivity index (χ0n) is 13.6. The van der Waals surface area contributed by atoms with Crippen molar-refractivity contribution in [2.45, 2.75) is 46.1 Å². The molecule has 6 heteroatoms. The standard InChI is InChI=1S/C17H22N4OS/c1-3-21-10(2)13(8-18-21)14-9-23-17(19-14)20-16(22)15-11-6-4-5-7-12(11)15/h8-9,11-12,15H,3-7H2,1-2H3,(H,19,20,22)/t11-,12+,15?. The predicted molar refractivity (Wildman–Crippen MR) is 91.3 cm³/mol. The number of anilines is 1. The molecule has 2 aromatic rings. The molecule has 4 rings (SSSR count). The highest BCUT2D eigenvalue weighted by Gasteiger charge is 2.54. The number of aromatic nitrogens is 3. The van der Waals surface area contributed by atoms with Crippen molar-refractivity contribution in [1.82, 2.24) is 14.8 Å². The van der Waals surface area contributed by atoms with Crippen molar-refractivity contribution < 1.29 is 4.79 Å². The molecule has 0 bridgehead atoms. The van der Waals surface area contributed by atoms with E-state index in [1.165, 1.54) is 37.0 Å². The zero-order valence-corrected chi connectivity index (χ0v) is 14.4. The highest BCUT2D eigenvalue weighted by atomic mass is 32.1. The summed E-state index contributed by atoms with van der Waals surface area (Å²) in [6.07, 6.45) is 6.87. The number of hydrogen-bond donors (Lipinski definition) is 1. The van der Waals surface area contributed by atoms with Gasteiger partial charge in [0.25, 0.3) is 0 Å². The number of thiazole rings is 1. The van der Waals surface area contributed by atoms with Crippen LogP contribution >= 0.6 is 11.3 Å². The van der Waals surface area contributed by atoms with Gasteiger partial charge >= 0.3 is 0 Å². The molecule has 0 aliphatic heterocycles. The van der Waals surface area contributed by atoms with Crippen LogP contribution in [0.1, 0.15) is 38.3 Å². The maximum absolute atomic E-state index is 12.4. The minimum absolute atomic E-state index is 0.170. The molecule has 3 atom stereocenters. The Labute approximate surface area is 140 Å². The molecule has 2 aromatic heterocycles. The number of fused-ring (bicyclic) bond motifs is 1. The fourth-order valence-electron chi connectivity index (χ4n) is 4.04. The van der Waals surface area contributed by atoms with Crippen LogP contribution in [0.5, 0.6) is 0 Å². The van der Waals surface area contributed by atoms with Gasteiger partial charge in [-0.25, -0.2) is 4.98 Å². The Balaban J connectivity index is 1.46. The van der Waals surface area contributed by atoms with Crippen molar-refractivity contribution in [2.75, 3.05) is 5.32 Å². The number of aryl methyl sites for hydroxylation is 1. The summed E-state index contributed by atoms with van der Waals surface area (Å²) in [4.78, 5) is 17.0. The van der Waals surface area contributed by atoms with Crippen LogP contribution in [-0.2, 0) is 11.3 Å². The van der Waals surface area contributed by atoms with Crippen LogP contribution in [0.2, 0.25) is 0 Å². The van der Waals surface area contributed by atoms with Gasteiger partial charge in [0.1, 0.15) is 0 Å². The van der Waals surface area contributed by atoms with Gasteiger partial charge in [-0.15, -0.1) is 11.3 Å². The van der Waals surface area contributed by atoms with Crippen LogP contribution in [0.3, 0.4) is 0 Å². The summed E-state index contributed by atoms with van der Waals surface area (Å²) in [6, 6.07) is 0. The van der Waals surface area contributed by atoms with Crippen molar-refractivity contribution in [3.05, 3.63) is 17.3 Å². The van der Waals surface area contributed by atoms with E-state index < -0.39 is 0 Å². The summed E-state index contributed by atoms with van der Waals surface area (Å²) < 4.78 is 1.96. The number of rotatable bonds is 4. The van der Waals surface area contributed by atoms with Gasteiger partial charge in [-0.05, 0) is 38.5 Å². The second-order valence-electron chi connectivity index (χ2n) is 6.62. The summed E-state index contributed by atoms with van der Waals surface area (Å²) in [7, 11) is 0. The predicted octanol–water partition coefficient (Wildman–Crippen LogP) is 3.71. The fraction of sp³-hybridized carbons (Fsp3) is 0.588. The first kappa shape index (κ1) is 14.9. The highest BCUT2D eigenvalue weighted by Crippen LogP contribution is 2.55. The van der Waals surface area contributed by atoms with Crippen molar-refractivity contribution in [2.24, 2.45) is 17.8 Å². The Hall–Kier alpha value is -1.69. The average Bonchev–Trinajstić information content (AvgIpc) is 2.91. The third-order valence-corrected chi connectivity index (χ3v) is 6.13. The molecule has 1 unspecified atom stereocenters. The molecule has 0 radical (unpaired) electrons. The zero-order chi connectivity index (χ0) is 16.0. The number of hydrogen-bond acceptors (Lipinski definition) is 4. The summed E-state index contributed by atoms with van der Waals surface area (Å²) in [5, 5.41) is 10.1. The van der Waals surface area contributed by atoms with E-state index in [2.05, 4.69) is 29.2 Å². The van der Waals surface area contributed by atoms with Crippen LogP contribution in [0.4, 0.5) is 5.13 Å². The van der Waals surface area contributed by atoms with Gasteiger partial charge in [0, 0.05) is 29.1 Å². The van der Waals surface area contributed by atoms with Gasteiger partial charge in [-0.3, -0.25) is 9.48 Å². The summed E-state index contributed by atoms with van der Waals surface area (Å²) in [6.45, 7) is 4.98. The van der Waals surface area contributed by atoms with Crippen molar-refractivity contribution in [1.29, 1.82) is 0 Å². The number of amides is 1. The fourth-order valence-corrected chi connectivity index (χ4v) is 4.76. The van der Waals surface area contributed by atoms with Crippen LogP contribution < -0.4 is 5.32 Å². The number of carbonyl (C=O) groups excluding carboxylic acids is 1. The van der Waals surface area contributed by atoms with Gasteiger partial charge in [-0.1, -0.05) is 12.8 Å². The van der Waals surface area contributed by atoms with Crippen LogP contribution in [0, 0.1) is 24.7 Å². The van der Waals surface area contributed by atoms with Gasteiger partial charge < -0.3 is 5.32 Å². The molecule has 2 aliphatic carbocycles. The summed E-state index contributed by atoms with van der Waals surface area (Å²) in [5.74, 6) is 1.67. The average molecular weight is 330 g/mol. The summed E-state index contributed by atoms with van der Waals surface area (Å²) in [5.41, 5.74) is 3.06. The van der Waals surface area contributed by atoms with E-state index in [-0.39, 0.29) is 11.8 Å². The lowest BCUT2D eigenvalue weighted by Crippen LogP contribution is -2.15. The SMILES string of the molecule is CCn1ncc(-c2csc(NC(=O)C3[C@H]4CCCC[C@@H]34)n2)c1C. The van der Waals surface area contributed by atoms with E-state index in [9.17, 15) is 4.79 Å². The van der Waals surface area contributed by atoms with E-state index in [1.807, 2.05) is 16.3 Å². The third-order valence-electron chi connectivity index (χ3n) is 5.37. The van der Waals surface area contributed by atoms with E-state index in [0.717, 1.165) is 23.5 Å². The molecule has 2 fully saturated rings. The van der Waals surface area contributed by atoms with Crippen LogP contribution in [0.15, 0.2) is 11.6 Å². The molecule has 122 valence electrons. The molecule has 2 saturated carbocycles. The first-order valence-electron chi connectivity index (χ1n) is 8.48. The third kappa shape index (κ3) is 2.59. The topological polar surface area (TPSA) is 59.8 Å². The maximum atomic E-state index is 12.4. The minimum Gasteiger partial charge on any atom is -0.302 e. The molecule has 0 aromatic carbocycles. The maximum Gasteiger partial charge on any atom is 0.229 e. The minimum atomic E-state index is 0.170. The van der Waals surface area contributed by atoms with Gasteiger partial charge in [0.2, 0.25) is 5.91 Å². The number of nitrogens with zero attached hydrogens (tertiary/aromatic N) is 3. The van der Waals surface area contributed by atoms with Crippen molar-refractivity contribution in [3.63, 3.8) is 0 Å². The lowest BCUT2D eigenvalue weighted by atomic mass is 10.0. The van der Waals surface area contributed by atoms with Crippen LogP contribution in [0.25, 0.3) is 11.3 Å². The number of nitrogens with one attached hydrogen (secondary N) is 1. The molecular formula is C17H22N4OS. The van der Waals surface area contributed by atoms with Crippen molar-refractivity contribution in [3.8, 4) is 11.3 Å². The number of carbonyl (C=O) groups is 1. The van der Waals surface area contributed by atoms with Gasteiger partial charge in [-0.2, -0.15) is 5.10 Å². The molecule has 23 heavy (non-hydrogen) atoms.